The van der Waals surface area contributed by atoms with E-state index in [1.54, 1.807) is 0 Å². The van der Waals surface area contributed by atoms with E-state index >= 15 is 0 Å². The van der Waals surface area contributed by atoms with Gasteiger partial charge in [0.2, 0.25) is 0 Å². The molecule has 3 nitrogen and oxygen atoms in total. The lowest BCUT2D eigenvalue weighted by molar-refractivity contribution is 0.268. The maximum Gasteiger partial charge on any atom is 0.0544 e. The fraction of sp³-hybridized carbons (Fsp3) is 0.353. The number of pyridine rings is 1. The van der Waals surface area contributed by atoms with E-state index in [4.69, 9.17) is 0 Å². The molecule has 0 saturated carbocycles. The summed E-state index contributed by atoms with van der Waals surface area (Å²) < 4.78 is 0. The van der Waals surface area contributed by atoms with Gasteiger partial charge in [0.05, 0.1) is 5.69 Å². The molecular formula is C17H23N3. The highest BCUT2D eigenvalue weighted by molar-refractivity contribution is 5.22. The molecule has 20 heavy (non-hydrogen) atoms. The van der Waals surface area contributed by atoms with Crippen LogP contribution < -0.4 is 5.32 Å². The van der Waals surface area contributed by atoms with E-state index in [1.165, 1.54) is 11.1 Å². The Morgan fingerprint density at radius 2 is 1.75 bits per heavy atom. The Morgan fingerprint density at radius 1 is 1.00 bits per heavy atom. The largest absolute Gasteiger partial charge is 0.316 e. The summed E-state index contributed by atoms with van der Waals surface area (Å²) in [6.07, 6.45) is 1.86. The van der Waals surface area contributed by atoms with Gasteiger partial charge in [-0.25, -0.2) is 0 Å². The molecule has 2 aromatic rings. The molecule has 1 aromatic carbocycles. The standard InChI is InChI=1S/C17H23N3/c1-3-20(14-17-6-4-5-11-19-17)13-16-9-7-15(8-10-16)12-18-2/h4-11,18H,3,12-14H2,1-2H3. The van der Waals surface area contributed by atoms with Crippen LogP contribution in [0.5, 0.6) is 0 Å². The Morgan fingerprint density at radius 3 is 2.35 bits per heavy atom. The predicted molar refractivity (Wildman–Crippen MR) is 83.2 cm³/mol. The van der Waals surface area contributed by atoms with Gasteiger partial charge in [0.25, 0.3) is 0 Å². The fourth-order valence-corrected chi connectivity index (χ4v) is 2.23. The molecule has 0 radical (unpaired) electrons. The normalized spacial score (nSPS) is 10.9. The molecule has 106 valence electrons. The molecule has 0 aliphatic rings. The number of hydrogen-bond donors (Lipinski definition) is 1. The molecule has 1 heterocycles. The topological polar surface area (TPSA) is 28.2 Å². The van der Waals surface area contributed by atoms with E-state index in [9.17, 15) is 0 Å². The van der Waals surface area contributed by atoms with Gasteiger partial charge in [-0.15, -0.1) is 0 Å². The monoisotopic (exact) mass is 269 g/mol. The van der Waals surface area contributed by atoms with Crippen molar-refractivity contribution in [1.82, 2.24) is 15.2 Å². The zero-order valence-electron chi connectivity index (χ0n) is 12.3. The van der Waals surface area contributed by atoms with E-state index in [-0.39, 0.29) is 0 Å². The van der Waals surface area contributed by atoms with Crippen molar-refractivity contribution < 1.29 is 0 Å². The van der Waals surface area contributed by atoms with Crippen LogP contribution in [-0.2, 0) is 19.6 Å². The molecule has 0 unspecified atom stereocenters. The lowest BCUT2D eigenvalue weighted by atomic mass is 10.1. The summed E-state index contributed by atoms with van der Waals surface area (Å²) in [4.78, 5) is 6.79. The minimum atomic E-state index is 0.898. The molecular weight excluding hydrogens is 246 g/mol. The van der Waals surface area contributed by atoms with Crippen molar-refractivity contribution in [2.75, 3.05) is 13.6 Å². The molecule has 0 spiro atoms. The van der Waals surface area contributed by atoms with Gasteiger partial charge in [-0.2, -0.15) is 0 Å². The van der Waals surface area contributed by atoms with Crippen LogP contribution in [0.1, 0.15) is 23.7 Å². The highest BCUT2D eigenvalue weighted by Gasteiger charge is 2.05. The molecule has 0 bridgehead atoms. The van der Waals surface area contributed by atoms with Crippen LogP contribution in [0.4, 0.5) is 0 Å². The zero-order valence-corrected chi connectivity index (χ0v) is 12.3. The molecule has 1 N–H and O–H groups in total. The molecule has 0 saturated heterocycles. The van der Waals surface area contributed by atoms with Crippen molar-refractivity contribution in [2.24, 2.45) is 0 Å². The first kappa shape index (κ1) is 14.7. The maximum atomic E-state index is 4.40. The molecule has 0 aliphatic heterocycles. The van der Waals surface area contributed by atoms with Crippen molar-refractivity contribution in [3.8, 4) is 0 Å². The van der Waals surface area contributed by atoms with Gasteiger partial charge in [-0.1, -0.05) is 37.3 Å². The van der Waals surface area contributed by atoms with Crippen LogP contribution in [0.3, 0.4) is 0 Å². The average Bonchev–Trinajstić information content (AvgIpc) is 2.50. The zero-order chi connectivity index (χ0) is 14.2. The van der Waals surface area contributed by atoms with Crippen molar-refractivity contribution in [3.63, 3.8) is 0 Å². The van der Waals surface area contributed by atoms with Crippen LogP contribution in [0.25, 0.3) is 0 Å². The smallest absolute Gasteiger partial charge is 0.0544 e. The minimum absolute atomic E-state index is 0.898. The van der Waals surface area contributed by atoms with E-state index < -0.39 is 0 Å². The lowest BCUT2D eigenvalue weighted by Crippen LogP contribution is -2.22. The van der Waals surface area contributed by atoms with Gasteiger partial charge in [0.15, 0.2) is 0 Å². The summed E-state index contributed by atoms with van der Waals surface area (Å²) >= 11 is 0. The van der Waals surface area contributed by atoms with E-state index in [2.05, 4.69) is 52.5 Å². The Labute approximate surface area is 121 Å². The van der Waals surface area contributed by atoms with Gasteiger partial charge >= 0.3 is 0 Å². The van der Waals surface area contributed by atoms with Crippen molar-refractivity contribution in [2.45, 2.75) is 26.6 Å². The van der Waals surface area contributed by atoms with Crippen molar-refractivity contribution in [1.29, 1.82) is 0 Å². The second-order valence-corrected chi connectivity index (χ2v) is 4.97. The van der Waals surface area contributed by atoms with E-state index in [0.29, 0.717) is 0 Å². The van der Waals surface area contributed by atoms with Crippen molar-refractivity contribution >= 4 is 0 Å². The summed E-state index contributed by atoms with van der Waals surface area (Å²) in [5, 5.41) is 3.17. The molecule has 0 atom stereocenters. The summed E-state index contributed by atoms with van der Waals surface area (Å²) in [5.41, 5.74) is 3.80. The number of rotatable bonds is 7. The molecule has 0 fully saturated rings. The van der Waals surface area contributed by atoms with Crippen LogP contribution >= 0.6 is 0 Å². The average molecular weight is 269 g/mol. The highest BCUT2D eigenvalue weighted by Crippen LogP contribution is 2.10. The first-order valence-electron chi connectivity index (χ1n) is 7.16. The Balaban J connectivity index is 1.95. The van der Waals surface area contributed by atoms with Gasteiger partial charge in [0, 0.05) is 25.8 Å². The molecule has 1 aromatic heterocycles. The Hall–Kier alpha value is -1.71. The Bertz CT molecular complexity index is 493. The van der Waals surface area contributed by atoms with Gasteiger partial charge < -0.3 is 5.32 Å². The summed E-state index contributed by atoms with van der Waals surface area (Å²) in [6, 6.07) is 14.9. The third-order valence-electron chi connectivity index (χ3n) is 3.37. The van der Waals surface area contributed by atoms with Crippen LogP contribution in [-0.4, -0.2) is 23.5 Å². The second kappa shape index (κ2) is 7.78. The predicted octanol–water partition coefficient (Wildman–Crippen LogP) is 2.82. The summed E-state index contributed by atoms with van der Waals surface area (Å²) in [5.74, 6) is 0. The van der Waals surface area contributed by atoms with E-state index in [1.807, 2.05) is 25.4 Å². The molecule has 3 heteroatoms. The third-order valence-corrected chi connectivity index (χ3v) is 3.37. The quantitative estimate of drug-likeness (QED) is 0.838. The van der Waals surface area contributed by atoms with Crippen LogP contribution in [0.2, 0.25) is 0 Å². The van der Waals surface area contributed by atoms with Gasteiger partial charge in [0.1, 0.15) is 0 Å². The fourth-order valence-electron chi connectivity index (χ4n) is 2.23. The van der Waals surface area contributed by atoms with Gasteiger partial charge in [-0.3, -0.25) is 9.88 Å². The minimum Gasteiger partial charge on any atom is -0.316 e. The molecule has 0 aliphatic carbocycles. The number of aromatic nitrogens is 1. The second-order valence-electron chi connectivity index (χ2n) is 4.97. The molecule has 0 amide bonds. The SMILES string of the molecule is CCN(Cc1ccc(CNC)cc1)Cc1ccccn1. The summed E-state index contributed by atoms with van der Waals surface area (Å²) in [7, 11) is 1.97. The number of nitrogens with zero attached hydrogens (tertiary/aromatic N) is 2. The first-order valence-corrected chi connectivity index (χ1v) is 7.16. The number of nitrogens with one attached hydrogen (secondary N) is 1. The van der Waals surface area contributed by atoms with Crippen molar-refractivity contribution in [3.05, 3.63) is 65.5 Å². The highest BCUT2D eigenvalue weighted by atomic mass is 15.1. The van der Waals surface area contributed by atoms with Crippen LogP contribution in [0, 0.1) is 0 Å². The molecule has 2 rings (SSSR count). The Kier molecular flexibility index (Phi) is 5.71. The third kappa shape index (κ3) is 4.44. The first-order chi connectivity index (χ1) is 9.81. The van der Waals surface area contributed by atoms with Gasteiger partial charge in [-0.05, 0) is 36.9 Å². The summed E-state index contributed by atoms with van der Waals surface area (Å²) in [6.45, 7) is 6.00. The lowest BCUT2D eigenvalue weighted by Gasteiger charge is -2.20. The maximum absolute atomic E-state index is 4.40. The number of hydrogen-bond acceptors (Lipinski definition) is 3. The van der Waals surface area contributed by atoms with Crippen LogP contribution in [0.15, 0.2) is 48.7 Å². The van der Waals surface area contributed by atoms with E-state index in [0.717, 1.165) is 31.9 Å². The number of benzene rings is 1.